The fraction of sp³-hybridized carbons (Fsp3) is 0.500. The number of rotatable bonds is 3. The van der Waals surface area contributed by atoms with Crippen LogP contribution in [0.2, 0.25) is 0 Å². The van der Waals surface area contributed by atoms with Crippen LogP contribution >= 0.6 is 0 Å². The largest absolute Gasteiger partial charge is 0.496 e. The summed E-state index contributed by atoms with van der Waals surface area (Å²) >= 11 is 0. The number of carbonyl (C=O) groups is 1. The van der Waals surface area contributed by atoms with Crippen molar-refractivity contribution in [3.63, 3.8) is 0 Å². The first-order valence-corrected chi connectivity index (χ1v) is 6.04. The lowest BCUT2D eigenvalue weighted by Gasteiger charge is -2.26. The Balaban J connectivity index is 2.51. The van der Waals surface area contributed by atoms with Gasteiger partial charge in [0.1, 0.15) is 11.5 Å². The highest BCUT2D eigenvalue weighted by Crippen LogP contribution is 2.40. The van der Waals surface area contributed by atoms with Gasteiger partial charge in [0.25, 0.3) is 0 Å². The second kappa shape index (κ2) is 4.88. The zero-order chi connectivity index (χ0) is 13.3. The average Bonchev–Trinajstić information content (AvgIpc) is 2.37. The van der Waals surface area contributed by atoms with E-state index in [1.54, 1.807) is 14.2 Å². The molecule has 0 aliphatic heterocycles. The molecule has 0 aromatic heterocycles. The predicted octanol–water partition coefficient (Wildman–Crippen LogP) is 2.20. The minimum absolute atomic E-state index is 0.321. The summed E-state index contributed by atoms with van der Waals surface area (Å²) in [6, 6.07) is 1.92. The molecular weight excluding hydrogens is 232 g/mol. The van der Waals surface area contributed by atoms with Crippen molar-refractivity contribution in [1.29, 1.82) is 0 Å². The third kappa shape index (κ3) is 2.03. The van der Waals surface area contributed by atoms with Crippen LogP contribution in [0.1, 0.15) is 23.1 Å². The van der Waals surface area contributed by atoms with E-state index in [1.165, 1.54) is 0 Å². The average molecular weight is 250 g/mol. The molecule has 1 aliphatic carbocycles. The molecule has 0 unspecified atom stereocenters. The van der Waals surface area contributed by atoms with E-state index in [2.05, 4.69) is 0 Å². The third-order valence-electron chi connectivity index (χ3n) is 3.61. The van der Waals surface area contributed by atoms with Crippen molar-refractivity contribution in [2.24, 2.45) is 5.92 Å². The Morgan fingerprint density at radius 2 is 2.06 bits per heavy atom. The Kier molecular flexibility index (Phi) is 3.45. The monoisotopic (exact) mass is 250 g/mol. The number of fused-ring (bicyclic) bond motifs is 1. The minimum Gasteiger partial charge on any atom is -0.496 e. The molecule has 0 heterocycles. The van der Waals surface area contributed by atoms with E-state index in [-0.39, 0.29) is 5.92 Å². The van der Waals surface area contributed by atoms with Crippen LogP contribution in [0.3, 0.4) is 0 Å². The number of hydrogen-bond acceptors (Lipinski definition) is 3. The number of benzene rings is 1. The van der Waals surface area contributed by atoms with Crippen LogP contribution in [0.25, 0.3) is 0 Å². The Bertz CT molecular complexity index is 479. The van der Waals surface area contributed by atoms with Gasteiger partial charge in [0.15, 0.2) is 0 Å². The van der Waals surface area contributed by atoms with Gasteiger partial charge >= 0.3 is 5.97 Å². The van der Waals surface area contributed by atoms with Crippen molar-refractivity contribution < 1.29 is 19.4 Å². The van der Waals surface area contributed by atoms with Crippen LogP contribution in [0.5, 0.6) is 11.5 Å². The van der Waals surface area contributed by atoms with E-state index in [1.807, 2.05) is 13.0 Å². The van der Waals surface area contributed by atoms with Crippen LogP contribution in [-0.4, -0.2) is 25.3 Å². The molecule has 4 nitrogen and oxygen atoms in total. The molecule has 1 aromatic rings. The van der Waals surface area contributed by atoms with Crippen molar-refractivity contribution in [2.75, 3.05) is 14.2 Å². The van der Waals surface area contributed by atoms with Gasteiger partial charge in [-0.05, 0) is 37.8 Å². The van der Waals surface area contributed by atoms with Crippen molar-refractivity contribution in [3.05, 3.63) is 22.8 Å². The molecule has 1 atom stereocenters. The lowest BCUT2D eigenvalue weighted by Crippen LogP contribution is -2.23. The fourth-order valence-electron chi connectivity index (χ4n) is 2.71. The second-order valence-electron chi connectivity index (χ2n) is 4.66. The zero-order valence-electron chi connectivity index (χ0n) is 10.9. The first-order valence-electron chi connectivity index (χ1n) is 6.04. The van der Waals surface area contributed by atoms with Gasteiger partial charge in [-0.15, -0.1) is 0 Å². The molecule has 4 heteroatoms. The predicted molar refractivity (Wildman–Crippen MR) is 67.4 cm³/mol. The van der Waals surface area contributed by atoms with Crippen molar-refractivity contribution >= 4 is 5.97 Å². The van der Waals surface area contributed by atoms with Crippen LogP contribution in [0.15, 0.2) is 6.07 Å². The topological polar surface area (TPSA) is 55.8 Å². The molecule has 0 fully saturated rings. The van der Waals surface area contributed by atoms with Crippen LogP contribution in [0, 0.1) is 12.8 Å². The summed E-state index contributed by atoms with van der Waals surface area (Å²) in [6.07, 6.45) is 1.91. The number of carboxylic acids is 1. The molecule has 1 N–H and O–H groups in total. The van der Waals surface area contributed by atoms with Gasteiger partial charge in [-0.1, -0.05) is 0 Å². The van der Waals surface area contributed by atoms with Gasteiger partial charge < -0.3 is 14.6 Å². The van der Waals surface area contributed by atoms with Crippen LogP contribution < -0.4 is 9.47 Å². The molecule has 2 rings (SSSR count). The molecule has 0 amide bonds. The number of carboxylic acid groups (broad SMARTS) is 1. The standard InChI is InChI=1S/C14H18O4/c1-8-6-12(17-2)11-7-9(14(15)16)4-5-10(11)13(8)18-3/h6,9H,4-5,7H2,1-3H3,(H,15,16)/t9-/m1/s1. The van der Waals surface area contributed by atoms with Gasteiger partial charge in [0.05, 0.1) is 20.1 Å². The Labute approximate surface area is 107 Å². The molecule has 0 bridgehead atoms. The van der Waals surface area contributed by atoms with E-state index < -0.39 is 5.97 Å². The molecule has 1 aromatic carbocycles. The van der Waals surface area contributed by atoms with Crippen molar-refractivity contribution in [1.82, 2.24) is 0 Å². The molecule has 0 saturated carbocycles. The molecule has 0 radical (unpaired) electrons. The van der Waals surface area contributed by atoms with E-state index >= 15 is 0 Å². The minimum atomic E-state index is -0.734. The number of methoxy groups -OCH3 is 2. The summed E-state index contributed by atoms with van der Waals surface area (Å²) < 4.78 is 10.8. The summed E-state index contributed by atoms with van der Waals surface area (Å²) in [7, 11) is 3.27. The number of aryl methyl sites for hydroxylation is 1. The SMILES string of the molecule is COc1cc(C)c(OC)c2c1C[C@H](C(=O)O)CC2. The van der Waals surface area contributed by atoms with Gasteiger partial charge in [-0.3, -0.25) is 4.79 Å². The quantitative estimate of drug-likeness (QED) is 0.893. The second-order valence-corrected chi connectivity index (χ2v) is 4.66. The van der Waals surface area contributed by atoms with E-state index in [0.29, 0.717) is 12.8 Å². The highest BCUT2D eigenvalue weighted by molar-refractivity contribution is 5.72. The Hall–Kier alpha value is -1.71. The molecule has 18 heavy (non-hydrogen) atoms. The van der Waals surface area contributed by atoms with Gasteiger partial charge in [-0.2, -0.15) is 0 Å². The normalized spacial score (nSPS) is 18.1. The molecule has 98 valence electrons. The smallest absolute Gasteiger partial charge is 0.306 e. The number of aliphatic carboxylic acids is 1. The Morgan fingerprint density at radius 3 is 2.61 bits per heavy atom. The van der Waals surface area contributed by atoms with E-state index in [4.69, 9.17) is 14.6 Å². The summed E-state index contributed by atoms with van der Waals surface area (Å²) in [5.41, 5.74) is 3.12. The fourth-order valence-corrected chi connectivity index (χ4v) is 2.71. The molecular formula is C14H18O4. The summed E-state index contributed by atoms with van der Waals surface area (Å²) in [6.45, 7) is 1.98. The highest BCUT2D eigenvalue weighted by Gasteiger charge is 2.29. The highest BCUT2D eigenvalue weighted by atomic mass is 16.5. The lowest BCUT2D eigenvalue weighted by molar-refractivity contribution is -0.142. The van der Waals surface area contributed by atoms with Gasteiger partial charge in [0.2, 0.25) is 0 Å². The first kappa shape index (κ1) is 12.7. The van der Waals surface area contributed by atoms with E-state index in [9.17, 15) is 4.79 Å². The molecule has 0 saturated heterocycles. The van der Waals surface area contributed by atoms with Crippen molar-refractivity contribution in [3.8, 4) is 11.5 Å². The maximum Gasteiger partial charge on any atom is 0.306 e. The number of ether oxygens (including phenoxy) is 2. The first-order chi connectivity index (χ1) is 8.58. The van der Waals surface area contributed by atoms with Gasteiger partial charge in [-0.25, -0.2) is 0 Å². The summed E-state index contributed by atoms with van der Waals surface area (Å²) in [4.78, 5) is 11.1. The Morgan fingerprint density at radius 1 is 1.33 bits per heavy atom. The zero-order valence-corrected chi connectivity index (χ0v) is 10.9. The number of hydrogen-bond donors (Lipinski definition) is 1. The van der Waals surface area contributed by atoms with Crippen molar-refractivity contribution in [2.45, 2.75) is 26.2 Å². The summed E-state index contributed by atoms with van der Waals surface area (Å²) in [5.74, 6) is 0.588. The maximum absolute atomic E-state index is 11.1. The third-order valence-corrected chi connectivity index (χ3v) is 3.61. The molecule has 0 spiro atoms. The van der Waals surface area contributed by atoms with E-state index in [0.717, 1.165) is 34.6 Å². The van der Waals surface area contributed by atoms with Crippen LogP contribution in [0.4, 0.5) is 0 Å². The maximum atomic E-state index is 11.1. The van der Waals surface area contributed by atoms with Gasteiger partial charge in [0, 0.05) is 11.1 Å². The summed E-state index contributed by atoms with van der Waals surface area (Å²) in [5, 5.41) is 9.14. The molecule has 1 aliphatic rings. The lowest BCUT2D eigenvalue weighted by atomic mass is 9.82. The van der Waals surface area contributed by atoms with Crippen LogP contribution in [-0.2, 0) is 17.6 Å².